The van der Waals surface area contributed by atoms with Crippen molar-refractivity contribution in [2.75, 3.05) is 18.0 Å². The largest absolute Gasteiger partial charge is 0.442 e. The Bertz CT molecular complexity index is 914. The van der Waals surface area contributed by atoms with Gasteiger partial charge in [0, 0.05) is 12.5 Å². The minimum Gasteiger partial charge on any atom is -0.442 e. The molecule has 1 fully saturated rings. The third-order valence-electron chi connectivity index (χ3n) is 3.99. The summed E-state index contributed by atoms with van der Waals surface area (Å²) in [6.45, 7) is 1.78. The lowest BCUT2D eigenvalue weighted by Gasteiger charge is -2.14. The Morgan fingerprint density at radius 1 is 1.52 bits per heavy atom. The van der Waals surface area contributed by atoms with E-state index in [1.807, 2.05) is 0 Å². The van der Waals surface area contributed by atoms with Crippen molar-refractivity contribution < 1.29 is 23.9 Å². The minimum atomic E-state index is -0.595. The number of halogens is 1. The Labute approximate surface area is 158 Å². The first kappa shape index (κ1) is 18.6. The van der Waals surface area contributed by atoms with E-state index in [0.717, 1.165) is 0 Å². The first-order valence-corrected chi connectivity index (χ1v) is 8.86. The molecule has 3 rings (SSSR count). The molecule has 1 atom stereocenters. The van der Waals surface area contributed by atoms with E-state index in [-0.39, 0.29) is 24.8 Å². The van der Waals surface area contributed by atoms with E-state index >= 15 is 0 Å². The summed E-state index contributed by atoms with van der Waals surface area (Å²) < 4.78 is 19.8. The van der Waals surface area contributed by atoms with Crippen molar-refractivity contribution >= 4 is 34.9 Å². The van der Waals surface area contributed by atoms with Gasteiger partial charge in [-0.15, -0.1) is 11.3 Å². The van der Waals surface area contributed by atoms with Crippen LogP contribution < -0.4 is 16.0 Å². The van der Waals surface area contributed by atoms with E-state index < -0.39 is 18.0 Å². The Balaban J connectivity index is 1.78. The normalized spacial score (nSPS) is 17.1. The summed E-state index contributed by atoms with van der Waals surface area (Å²) in [5, 5.41) is 15.9. The van der Waals surface area contributed by atoms with Crippen molar-refractivity contribution in [1.29, 1.82) is 0 Å². The number of nitrogens with two attached hydrogens (primary N) is 1. The highest BCUT2D eigenvalue weighted by Crippen LogP contribution is 2.31. The number of rotatable bonds is 5. The fourth-order valence-corrected chi connectivity index (χ4v) is 3.47. The van der Waals surface area contributed by atoms with Crippen molar-refractivity contribution in [3.05, 3.63) is 40.3 Å². The van der Waals surface area contributed by atoms with Gasteiger partial charge in [-0.25, -0.2) is 9.18 Å². The minimum absolute atomic E-state index is 0.0479. The quantitative estimate of drug-likeness (QED) is 0.312. The fraction of sp³-hybridized carbons (Fsp3) is 0.235. The van der Waals surface area contributed by atoms with Crippen LogP contribution in [0.25, 0.3) is 11.1 Å². The van der Waals surface area contributed by atoms with Crippen molar-refractivity contribution in [1.82, 2.24) is 5.32 Å². The number of carbonyl (C=O) groups is 2. The highest BCUT2D eigenvalue weighted by Gasteiger charge is 2.32. The average Bonchev–Trinajstić information content (AvgIpc) is 3.26. The van der Waals surface area contributed by atoms with Crippen molar-refractivity contribution in [2.24, 2.45) is 10.9 Å². The Hall–Kier alpha value is -3.14. The average molecular weight is 392 g/mol. The summed E-state index contributed by atoms with van der Waals surface area (Å²) >= 11 is 1.22. The summed E-state index contributed by atoms with van der Waals surface area (Å²) in [7, 11) is 0. The highest BCUT2D eigenvalue weighted by molar-refractivity contribution is 7.12. The first-order valence-electron chi connectivity index (χ1n) is 7.98. The summed E-state index contributed by atoms with van der Waals surface area (Å²) in [5.41, 5.74) is 6.80. The topological polar surface area (TPSA) is 117 Å². The molecule has 27 heavy (non-hydrogen) atoms. The van der Waals surface area contributed by atoms with Gasteiger partial charge in [0.05, 0.1) is 23.7 Å². The molecule has 2 heterocycles. The molecule has 2 amide bonds. The number of ether oxygens (including phenoxy) is 1. The number of amidine groups is 1. The third-order valence-corrected chi connectivity index (χ3v) is 4.94. The van der Waals surface area contributed by atoms with Crippen LogP contribution in [-0.4, -0.2) is 42.2 Å². The maximum Gasteiger partial charge on any atom is 0.414 e. The first-order chi connectivity index (χ1) is 12.9. The van der Waals surface area contributed by atoms with Crippen LogP contribution in [-0.2, 0) is 9.53 Å². The van der Waals surface area contributed by atoms with Gasteiger partial charge in [0.2, 0.25) is 5.91 Å². The number of hydrogen-bond donors (Lipinski definition) is 3. The molecule has 2 aromatic rings. The van der Waals surface area contributed by atoms with E-state index in [1.54, 1.807) is 23.6 Å². The van der Waals surface area contributed by atoms with Crippen LogP contribution in [0.2, 0.25) is 0 Å². The van der Waals surface area contributed by atoms with Crippen LogP contribution in [0.4, 0.5) is 14.9 Å². The molecule has 142 valence electrons. The summed E-state index contributed by atoms with van der Waals surface area (Å²) in [6.07, 6.45) is -1.09. The molecule has 8 nitrogen and oxygen atoms in total. The van der Waals surface area contributed by atoms with Gasteiger partial charge in [0.15, 0.2) is 5.84 Å². The molecule has 1 aromatic carbocycles. The lowest BCUT2D eigenvalue weighted by Crippen LogP contribution is -2.33. The standard InChI is InChI=1S/C17H17FN4O4S/c1-9(23)20-6-12-7-22(17(24)26-12)11-2-3-13(14(18)5-11)10-4-15(27-8-10)16(19)21-25/h2-5,8,12,25H,6-7H2,1H3,(H2,19,21)(H,20,23)/t12-/m0/s1. The van der Waals surface area contributed by atoms with Gasteiger partial charge < -0.3 is 21.0 Å². The number of anilines is 1. The number of hydrogen-bond acceptors (Lipinski definition) is 6. The van der Waals surface area contributed by atoms with E-state index in [4.69, 9.17) is 15.7 Å². The molecule has 0 aliphatic carbocycles. The van der Waals surface area contributed by atoms with E-state index in [2.05, 4.69) is 10.5 Å². The molecule has 1 aliphatic heterocycles. The van der Waals surface area contributed by atoms with Gasteiger partial charge in [-0.1, -0.05) is 5.16 Å². The zero-order valence-electron chi connectivity index (χ0n) is 14.3. The SMILES string of the molecule is CC(=O)NC[C@H]1CN(c2ccc(-c3csc(/C(N)=N\O)c3)c(F)c2)C(=O)O1. The van der Waals surface area contributed by atoms with Gasteiger partial charge in [-0.05, 0) is 35.2 Å². The second kappa shape index (κ2) is 7.62. The van der Waals surface area contributed by atoms with E-state index in [9.17, 15) is 14.0 Å². The van der Waals surface area contributed by atoms with Crippen molar-refractivity contribution in [3.8, 4) is 11.1 Å². The maximum absolute atomic E-state index is 14.6. The van der Waals surface area contributed by atoms with Crippen LogP contribution in [0.15, 0.2) is 34.8 Å². The number of thiophene rings is 1. The predicted molar refractivity (Wildman–Crippen MR) is 98.5 cm³/mol. The lowest BCUT2D eigenvalue weighted by molar-refractivity contribution is -0.119. The van der Waals surface area contributed by atoms with Crippen molar-refractivity contribution in [2.45, 2.75) is 13.0 Å². The molecule has 0 spiro atoms. The highest BCUT2D eigenvalue weighted by atomic mass is 32.1. The lowest BCUT2D eigenvalue weighted by atomic mass is 10.1. The fourth-order valence-electron chi connectivity index (χ4n) is 2.66. The molecule has 0 unspecified atom stereocenters. The smallest absolute Gasteiger partial charge is 0.414 e. The maximum atomic E-state index is 14.6. The Morgan fingerprint density at radius 2 is 2.30 bits per heavy atom. The molecular formula is C17H17FN4O4S. The van der Waals surface area contributed by atoms with Crippen LogP contribution in [0.5, 0.6) is 0 Å². The molecule has 1 saturated heterocycles. The molecule has 10 heteroatoms. The molecule has 4 N–H and O–H groups in total. The molecule has 0 bridgehead atoms. The second-order valence-corrected chi connectivity index (χ2v) is 6.81. The monoisotopic (exact) mass is 392 g/mol. The van der Waals surface area contributed by atoms with E-state index in [0.29, 0.717) is 21.7 Å². The summed E-state index contributed by atoms with van der Waals surface area (Å²) in [5.74, 6) is -0.787. The number of benzene rings is 1. The second-order valence-electron chi connectivity index (χ2n) is 5.90. The van der Waals surface area contributed by atoms with Crippen LogP contribution in [0.1, 0.15) is 11.8 Å². The number of carbonyl (C=O) groups excluding carboxylic acids is 2. The van der Waals surface area contributed by atoms with Crippen LogP contribution in [0.3, 0.4) is 0 Å². The van der Waals surface area contributed by atoms with E-state index in [1.165, 1.54) is 29.2 Å². The molecule has 1 aliphatic rings. The molecule has 0 radical (unpaired) electrons. The van der Waals surface area contributed by atoms with Gasteiger partial charge >= 0.3 is 6.09 Å². The van der Waals surface area contributed by atoms with Crippen molar-refractivity contribution in [3.63, 3.8) is 0 Å². The number of nitrogens with one attached hydrogen (secondary N) is 1. The van der Waals surface area contributed by atoms with Crippen LogP contribution >= 0.6 is 11.3 Å². The van der Waals surface area contributed by atoms with Crippen LogP contribution in [0, 0.1) is 5.82 Å². The van der Waals surface area contributed by atoms with Gasteiger partial charge in [0.25, 0.3) is 0 Å². The van der Waals surface area contributed by atoms with Gasteiger partial charge in [-0.2, -0.15) is 0 Å². The van der Waals surface area contributed by atoms with Gasteiger partial charge in [-0.3, -0.25) is 9.69 Å². The Kier molecular flexibility index (Phi) is 5.26. The number of amides is 2. The third kappa shape index (κ3) is 4.00. The molecule has 0 saturated carbocycles. The Morgan fingerprint density at radius 3 is 2.96 bits per heavy atom. The predicted octanol–water partition coefficient (Wildman–Crippen LogP) is 2.11. The number of oxime groups is 1. The number of cyclic esters (lactones) is 1. The molecule has 1 aromatic heterocycles. The number of nitrogens with zero attached hydrogens (tertiary/aromatic N) is 2. The molecular weight excluding hydrogens is 375 g/mol. The van der Waals surface area contributed by atoms with Gasteiger partial charge in [0.1, 0.15) is 11.9 Å². The zero-order valence-corrected chi connectivity index (χ0v) is 15.1. The summed E-state index contributed by atoms with van der Waals surface area (Å²) in [4.78, 5) is 24.8. The zero-order chi connectivity index (χ0) is 19.6. The summed E-state index contributed by atoms with van der Waals surface area (Å²) in [6, 6.07) is 6.03.